The number of nitrogens with one attached hydrogen (secondary N) is 1. The Labute approximate surface area is 140 Å². The molecular formula is C15H20N4O4S. The summed E-state index contributed by atoms with van der Waals surface area (Å²) in [5.41, 5.74) is 0.296. The summed E-state index contributed by atoms with van der Waals surface area (Å²) >= 11 is 0. The molecule has 0 saturated heterocycles. The Kier molecular flexibility index (Phi) is 5.68. The Bertz CT molecular complexity index is 795. The molecule has 0 aliphatic rings. The number of carbonyl (C=O) groups excluding carboxylic acids is 1. The molecule has 2 aromatic rings. The molecule has 0 saturated carbocycles. The highest BCUT2D eigenvalue weighted by Gasteiger charge is 2.21. The van der Waals surface area contributed by atoms with Gasteiger partial charge in [-0.3, -0.25) is 10.1 Å². The largest absolute Gasteiger partial charge is 0.408 e. The van der Waals surface area contributed by atoms with Crippen molar-refractivity contribution in [2.45, 2.75) is 32.1 Å². The second kappa shape index (κ2) is 7.54. The standard InChI is InChI=1S/C15H20N4O4S/c1-4-13-17-18-15(23-13)16-14(20)11-7-9-12(10-8-11)24(21,22)19(5-2)6-3/h7-10H,4-6H2,1-3H3,(H,16,18,20). The number of aromatic nitrogens is 2. The molecule has 0 aliphatic heterocycles. The Balaban J connectivity index is 2.15. The van der Waals surface area contributed by atoms with Crippen LogP contribution >= 0.6 is 0 Å². The fourth-order valence-corrected chi connectivity index (χ4v) is 3.57. The third kappa shape index (κ3) is 3.80. The van der Waals surface area contributed by atoms with Crippen LogP contribution in [0.4, 0.5) is 6.01 Å². The smallest absolute Gasteiger partial charge is 0.322 e. The monoisotopic (exact) mass is 352 g/mol. The summed E-state index contributed by atoms with van der Waals surface area (Å²) in [4.78, 5) is 12.3. The van der Waals surface area contributed by atoms with Crippen LogP contribution in [-0.4, -0.2) is 41.9 Å². The van der Waals surface area contributed by atoms with Crippen molar-refractivity contribution in [3.8, 4) is 0 Å². The molecule has 0 aliphatic carbocycles. The Morgan fingerprint density at radius 1 is 1.12 bits per heavy atom. The first-order valence-electron chi connectivity index (χ1n) is 7.66. The molecule has 1 aromatic heterocycles. The summed E-state index contributed by atoms with van der Waals surface area (Å²) in [6.45, 7) is 6.18. The normalized spacial score (nSPS) is 11.7. The Morgan fingerprint density at radius 2 is 1.75 bits per heavy atom. The summed E-state index contributed by atoms with van der Waals surface area (Å²) < 4.78 is 31.3. The molecule has 0 fully saturated rings. The minimum absolute atomic E-state index is 0.0108. The number of benzene rings is 1. The number of hydrogen-bond acceptors (Lipinski definition) is 6. The van der Waals surface area contributed by atoms with Crippen molar-refractivity contribution in [1.82, 2.24) is 14.5 Å². The van der Waals surface area contributed by atoms with E-state index in [2.05, 4.69) is 15.5 Å². The van der Waals surface area contributed by atoms with Crippen molar-refractivity contribution in [3.63, 3.8) is 0 Å². The van der Waals surface area contributed by atoms with Crippen molar-refractivity contribution in [1.29, 1.82) is 0 Å². The van der Waals surface area contributed by atoms with Gasteiger partial charge in [0.25, 0.3) is 5.91 Å². The third-order valence-corrected chi connectivity index (χ3v) is 5.51. The molecule has 0 spiro atoms. The molecule has 0 radical (unpaired) electrons. The second-order valence-corrected chi connectivity index (χ2v) is 6.86. The van der Waals surface area contributed by atoms with E-state index >= 15 is 0 Å². The molecule has 130 valence electrons. The van der Waals surface area contributed by atoms with Crippen molar-refractivity contribution in [2.24, 2.45) is 0 Å². The summed E-state index contributed by atoms with van der Waals surface area (Å²) in [7, 11) is -3.54. The molecule has 1 N–H and O–H groups in total. The van der Waals surface area contributed by atoms with Crippen LogP contribution < -0.4 is 5.32 Å². The van der Waals surface area contributed by atoms with Crippen LogP contribution in [0, 0.1) is 0 Å². The zero-order chi connectivity index (χ0) is 17.7. The number of nitrogens with zero attached hydrogens (tertiary/aromatic N) is 3. The van der Waals surface area contributed by atoms with E-state index < -0.39 is 15.9 Å². The average molecular weight is 352 g/mol. The lowest BCUT2D eigenvalue weighted by Gasteiger charge is -2.18. The van der Waals surface area contributed by atoms with Crippen LogP contribution in [0.25, 0.3) is 0 Å². The number of sulfonamides is 1. The fraction of sp³-hybridized carbons (Fsp3) is 0.400. The average Bonchev–Trinajstić information content (AvgIpc) is 3.03. The van der Waals surface area contributed by atoms with Crippen molar-refractivity contribution in [2.75, 3.05) is 18.4 Å². The maximum absolute atomic E-state index is 12.4. The van der Waals surface area contributed by atoms with E-state index in [1.165, 1.54) is 28.6 Å². The van der Waals surface area contributed by atoms with Crippen LogP contribution in [-0.2, 0) is 16.4 Å². The highest BCUT2D eigenvalue weighted by Crippen LogP contribution is 2.17. The van der Waals surface area contributed by atoms with Crippen molar-refractivity contribution in [3.05, 3.63) is 35.7 Å². The predicted molar refractivity (Wildman–Crippen MR) is 88.2 cm³/mol. The summed E-state index contributed by atoms with van der Waals surface area (Å²) in [6.07, 6.45) is 0.570. The van der Waals surface area contributed by atoms with Crippen molar-refractivity contribution >= 4 is 21.9 Å². The van der Waals surface area contributed by atoms with Gasteiger partial charge in [0.1, 0.15) is 0 Å². The number of carbonyl (C=O) groups is 1. The van der Waals surface area contributed by atoms with Gasteiger partial charge in [-0.2, -0.15) is 4.31 Å². The van der Waals surface area contributed by atoms with Crippen LogP contribution in [0.1, 0.15) is 37.0 Å². The van der Waals surface area contributed by atoms with Gasteiger partial charge in [-0.1, -0.05) is 25.9 Å². The highest BCUT2D eigenvalue weighted by atomic mass is 32.2. The first-order valence-corrected chi connectivity index (χ1v) is 9.10. The number of aryl methyl sites for hydroxylation is 1. The zero-order valence-electron chi connectivity index (χ0n) is 13.8. The molecule has 24 heavy (non-hydrogen) atoms. The summed E-state index contributed by atoms with van der Waals surface area (Å²) in [5, 5.41) is 9.93. The molecule has 0 bridgehead atoms. The van der Waals surface area contributed by atoms with Gasteiger partial charge in [0.15, 0.2) is 0 Å². The van der Waals surface area contributed by atoms with Gasteiger partial charge < -0.3 is 4.42 Å². The maximum Gasteiger partial charge on any atom is 0.322 e. The quantitative estimate of drug-likeness (QED) is 0.816. The minimum Gasteiger partial charge on any atom is -0.408 e. The van der Waals surface area contributed by atoms with E-state index in [1.54, 1.807) is 13.8 Å². The van der Waals surface area contributed by atoms with E-state index in [0.717, 1.165) is 0 Å². The van der Waals surface area contributed by atoms with E-state index in [0.29, 0.717) is 31.0 Å². The summed E-state index contributed by atoms with van der Waals surface area (Å²) in [5.74, 6) is -0.0287. The number of rotatable bonds is 7. The predicted octanol–water partition coefficient (Wildman–Crippen LogP) is 1.91. The molecule has 9 heteroatoms. The molecular weight excluding hydrogens is 332 g/mol. The van der Waals surface area contributed by atoms with Gasteiger partial charge in [-0.05, 0) is 24.3 Å². The lowest BCUT2D eigenvalue weighted by molar-refractivity contribution is 0.102. The van der Waals surface area contributed by atoms with Gasteiger partial charge in [-0.15, -0.1) is 5.10 Å². The van der Waals surface area contributed by atoms with Gasteiger partial charge in [0.2, 0.25) is 15.9 Å². The van der Waals surface area contributed by atoms with Gasteiger partial charge in [-0.25, -0.2) is 8.42 Å². The molecule has 2 rings (SSSR count). The second-order valence-electron chi connectivity index (χ2n) is 4.92. The zero-order valence-corrected chi connectivity index (χ0v) is 14.6. The molecule has 1 aromatic carbocycles. The fourth-order valence-electron chi connectivity index (χ4n) is 2.11. The lowest BCUT2D eigenvalue weighted by atomic mass is 10.2. The van der Waals surface area contributed by atoms with Crippen LogP contribution in [0.5, 0.6) is 0 Å². The number of hydrogen-bond donors (Lipinski definition) is 1. The molecule has 1 amide bonds. The van der Waals surface area contributed by atoms with Crippen LogP contribution in [0.3, 0.4) is 0 Å². The minimum atomic E-state index is -3.54. The highest BCUT2D eigenvalue weighted by molar-refractivity contribution is 7.89. The summed E-state index contributed by atoms with van der Waals surface area (Å²) in [6, 6.07) is 5.73. The molecule has 1 heterocycles. The van der Waals surface area contributed by atoms with E-state index in [4.69, 9.17) is 4.42 Å². The van der Waals surface area contributed by atoms with E-state index in [-0.39, 0.29) is 10.9 Å². The first-order chi connectivity index (χ1) is 11.4. The maximum atomic E-state index is 12.4. The van der Waals surface area contributed by atoms with E-state index in [9.17, 15) is 13.2 Å². The van der Waals surface area contributed by atoms with E-state index in [1.807, 2.05) is 6.92 Å². The van der Waals surface area contributed by atoms with Gasteiger partial charge in [0, 0.05) is 25.1 Å². The third-order valence-electron chi connectivity index (χ3n) is 3.45. The van der Waals surface area contributed by atoms with Crippen LogP contribution in [0.2, 0.25) is 0 Å². The Hall–Kier alpha value is -2.26. The first kappa shape index (κ1) is 18.1. The SMILES string of the molecule is CCc1nnc(NC(=O)c2ccc(S(=O)(=O)N(CC)CC)cc2)o1. The molecule has 8 nitrogen and oxygen atoms in total. The number of anilines is 1. The molecule has 0 unspecified atom stereocenters. The van der Waals surface area contributed by atoms with Gasteiger partial charge >= 0.3 is 6.01 Å². The van der Waals surface area contributed by atoms with Crippen molar-refractivity contribution < 1.29 is 17.6 Å². The lowest BCUT2D eigenvalue weighted by Crippen LogP contribution is -2.30. The topological polar surface area (TPSA) is 105 Å². The van der Waals surface area contributed by atoms with Gasteiger partial charge in [0.05, 0.1) is 4.90 Å². The Morgan fingerprint density at radius 3 is 2.25 bits per heavy atom. The van der Waals surface area contributed by atoms with Crippen LogP contribution in [0.15, 0.2) is 33.6 Å². The number of amides is 1. The molecule has 0 atom stereocenters.